The fourth-order valence-electron chi connectivity index (χ4n) is 1.51. The van der Waals surface area contributed by atoms with E-state index in [1.165, 1.54) is 6.42 Å². The van der Waals surface area contributed by atoms with Gasteiger partial charge in [0.2, 0.25) is 0 Å². The number of amidine groups is 1. The SMILES string of the molecule is CCC1CN=C(Nc2cnn(C(C)C)c2)S1. The van der Waals surface area contributed by atoms with Gasteiger partial charge in [-0.2, -0.15) is 5.10 Å². The molecule has 1 aliphatic heterocycles. The second-order valence-corrected chi connectivity index (χ2v) is 5.51. The van der Waals surface area contributed by atoms with E-state index in [0.29, 0.717) is 11.3 Å². The lowest BCUT2D eigenvalue weighted by molar-refractivity contribution is 0.532. The maximum atomic E-state index is 4.47. The summed E-state index contributed by atoms with van der Waals surface area (Å²) in [7, 11) is 0. The largest absolute Gasteiger partial charge is 0.332 e. The number of aromatic nitrogens is 2. The summed E-state index contributed by atoms with van der Waals surface area (Å²) in [4.78, 5) is 4.47. The Bertz CT molecular complexity index is 383. The van der Waals surface area contributed by atoms with E-state index in [4.69, 9.17) is 0 Å². The van der Waals surface area contributed by atoms with Gasteiger partial charge < -0.3 is 5.32 Å². The molecule has 1 aromatic heterocycles. The Morgan fingerprint density at radius 3 is 3.00 bits per heavy atom. The number of hydrogen-bond donors (Lipinski definition) is 1. The van der Waals surface area contributed by atoms with Crippen LogP contribution in [-0.4, -0.2) is 26.7 Å². The first-order chi connectivity index (χ1) is 7.69. The molecule has 0 saturated heterocycles. The van der Waals surface area contributed by atoms with Crippen molar-refractivity contribution in [2.24, 2.45) is 4.99 Å². The molecule has 0 bridgehead atoms. The van der Waals surface area contributed by atoms with Crippen LogP contribution in [-0.2, 0) is 0 Å². The second kappa shape index (κ2) is 4.91. The van der Waals surface area contributed by atoms with E-state index < -0.39 is 0 Å². The molecule has 0 aliphatic carbocycles. The highest BCUT2D eigenvalue weighted by atomic mass is 32.2. The minimum atomic E-state index is 0.400. The number of nitrogens with one attached hydrogen (secondary N) is 1. The topological polar surface area (TPSA) is 42.2 Å². The maximum absolute atomic E-state index is 4.47. The van der Waals surface area contributed by atoms with E-state index in [1.807, 2.05) is 28.8 Å². The van der Waals surface area contributed by atoms with Crippen LogP contribution in [0.2, 0.25) is 0 Å². The Hall–Kier alpha value is -0.970. The Labute approximate surface area is 101 Å². The van der Waals surface area contributed by atoms with E-state index in [9.17, 15) is 0 Å². The number of anilines is 1. The second-order valence-electron chi connectivity index (χ2n) is 4.22. The van der Waals surface area contributed by atoms with Gasteiger partial charge in [-0.05, 0) is 20.3 Å². The van der Waals surface area contributed by atoms with Crippen molar-refractivity contribution < 1.29 is 0 Å². The molecule has 2 heterocycles. The zero-order valence-electron chi connectivity index (χ0n) is 9.97. The van der Waals surface area contributed by atoms with Gasteiger partial charge in [0.25, 0.3) is 0 Å². The molecule has 1 unspecified atom stereocenters. The van der Waals surface area contributed by atoms with Crippen LogP contribution in [0.1, 0.15) is 33.2 Å². The summed E-state index contributed by atoms with van der Waals surface area (Å²) >= 11 is 1.82. The van der Waals surface area contributed by atoms with Crippen LogP contribution in [0.4, 0.5) is 5.69 Å². The van der Waals surface area contributed by atoms with Gasteiger partial charge in [0.1, 0.15) is 0 Å². The first-order valence-corrected chi connectivity index (χ1v) is 6.59. The van der Waals surface area contributed by atoms with Crippen molar-refractivity contribution >= 4 is 22.6 Å². The van der Waals surface area contributed by atoms with Crippen LogP contribution < -0.4 is 5.32 Å². The molecule has 0 saturated carbocycles. The molecule has 2 rings (SSSR count). The minimum Gasteiger partial charge on any atom is -0.332 e. The molecule has 0 amide bonds. The van der Waals surface area contributed by atoms with Crippen LogP contribution in [0.3, 0.4) is 0 Å². The van der Waals surface area contributed by atoms with E-state index in [0.717, 1.165) is 17.4 Å². The van der Waals surface area contributed by atoms with Gasteiger partial charge in [0.15, 0.2) is 5.17 Å². The summed E-state index contributed by atoms with van der Waals surface area (Å²) in [6, 6.07) is 0.400. The van der Waals surface area contributed by atoms with E-state index >= 15 is 0 Å². The molecule has 1 N–H and O–H groups in total. The zero-order chi connectivity index (χ0) is 11.5. The summed E-state index contributed by atoms with van der Waals surface area (Å²) in [5.74, 6) is 0. The van der Waals surface area contributed by atoms with Crippen molar-refractivity contribution in [1.29, 1.82) is 0 Å². The minimum absolute atomic E-state index is 0.400. The Morgan fingerprint density at radius 1 is 1.62 bits per heavy atom. The highest BCUT2D eigenvalue weighted by Crippen LogP contribution is 2.24. The molecular formula is C11H18N4S. The monoisotopic (exact) mass is 238 g/mol. The predicted octanol–water partition coefficient (Wildman–Crippen LogP) is 2.76. The Morgan fingerprint density at radius 2 is 2.44 bits per heavy atom. The summed E-state index contributed by atoms with van der Waals surface area (Å²) < 4.78 is 1.94. The summed E-state index contributed by atoms with van der Waals surface area (Å²) in [5.41, 5.74) is 1.02. The van der Waals surface area contributed by atoms with Crippen LogP contribution >= 0.6 is 11.8 Å². The van der Waals surface area contributed by atoms with Crippen molar-refractivity contribution in [3.05, 3.63) is 12.4 Å². The zero-order valence-corrected chi connectivity index (χ0v) is 10.8. The molecule has 0 radical (unpaired) electrons. The quantitative estimate of drug-likeness (QED) is 0.880. The lowest BCUT2D eigenvalue weighted by Crippen LogP contribution is -2.06. The third-order valence-corrected chi connectivity index (χ3v) is 3.82. The van der Waals surface area contributed by atoms with Crippen LogP contribution in [0.15, 0.2) is 17.4 Å². The number of aliphatic imine (C=N–C) groups is 1. The average molecular weight is 238 g/mol. The molecule has 1 aliphatic rings. The van der Waals surface area contributed by atoms with Gasteiger partial charge in [-0.1, -0.05) is 18.7 Å². The van der Waals surface area contributed by atoms with E-state index in [1.54, 1.807) is 0 Å². The molecule has 0 fully saturated rings. The summed E-state index contributed by atoms with van der Waals surface area (Å²) in [5, 5.41) is 9.26. The highest BCUT2D eigenvalue weighted by Gasteiger charge is 2.18. The van der Waals surface area contributed by atoms with Crippen molar-refractivity contribution in [2.45, 2.75) is 38.5 Å². The van der Waals surface area contributed by atoms with Crippen LogP contribution in [0.25, 0.3) is 0 Å². The summed E-state index contributed by atoms with van der Waals surface area (Å²) in [6.45, 7) is 7.37. The Balaban J connectivity index is 1.94. The predicted molar refractivity (Wildman–Crippen MR) is 70.2 cm³/mol. The first kappa shape index (κ1) is 11.5. The summed E-state index contributed by atoms with van der Waals surface area (Å²) in [6.07, 6.45) is 5.04. The third kappa shape index (κ3) is 2.58. The normalized spacial score (nSPS) is 20.2. The molecule has 1 aromatic rings. The lowest BCUT2D eigenvalue weighted by Gasteiger charge is -2.05. The fourth-order valence-corrected chi connectivity index (χ4v) is 2.46. The Kier molecular flexibility index (Phi) is 3.53. The average Bonchev–Trinajstić information content (AvgIpc) is 2.87. The molecule has 0 aromatic carbocycles. The number of thioether (sulfide) groups is 1. The molecule has 5 heteroatoms. The molecule has 88 valence electrons. The van der Waals surface area contributed by atoms with Gasteiger partial charge >= 0.3 is 0 Å². The van der Waals surface area contributed by atoms with Crippen LogP contribution in [0.5, 0.6) is 0 Å². The van der Waals surface area contributed by atoms with Gasteiger partial charge in [-0.15, -0.1) is 0 Å². The van der Waals surface area contributed by atoms with Gasteiger partial charge in [0, 0.05) is 17.5 Å². The van der Waals surface area contributed by atoms with Crippen molar-refractivity contribution in [2.75, 3.05) is 11.9 Å². The fraction of sp³-hybridized carbons (Fsp3) is 0.636. The maximum Gasteiger partial charge on any atom is 0.161 e. The smallest absolute Gasteiger partial charge is 0.161 e. The molecule has 1 atom stereocenters. The lowest BCUT2D eigenvalue weighted by atomic mass is 10.3. The van der Waals surface area contributed by atoms with E-state index in [2.05, 4.69) is 36.2 Å². The van der Waals surface area contributed by atoms with Crippen molar-refractivity contribution in [3.8, 4) is 0 Å². The van der Waals surface area contributed by atoms with Gasteiger partial charge in [-0.25, -0.2) is 0 Å². The number of nitrogens with zero attached hydrogens (tertiary/aromatic N) is 3. The first-order valence-electron chi connectivity index (χ1n) is 5.71. The molecule has 16 heavy (non-hydrogen) atoms. The van der Waals surface area contributed by atoms with Crippen molar-refractivity contribution in [1.82, 2.24) is 9.78 Å². The van der Waals surface area contributed by atoms with Gasteiger partial charge in [-0.3, -0.25) is 9.67 Å². The van der Waals surface area contributed by atoms with Crippen molar-refractivity contribution in [3.63, 3.8) is 0 Å². The third-order valence-electron chi connectivity index (χ3n) is 2.55. The van der Waals surface area contributed by atoms with E-state index in [-0.39, 0.29) is 0 Å². The van der Waals surface area contributed by atoms with Gasteiger partial charge in [0.05, 0.1) is 18.4 Å². The molecule has 0 spiro atoms. The number of rotatable bonds is 3. The number of hydrogen-bond acceptors (Lipinski definition) is 4. The standard InChI is InChI=1S/C11H18N4S/c1-4-10-6-12-11(16-10)14-9-5-13-15(7-9)8(2)3/h5,7-8,10H,4,6H2,1-3H3,(H,12,14). The molecule has 4 nitrogen and oxygen atoms in total. The molecular weight excluding hydrogens is 220 g/mol. The van der Waals surface area contributed by atoms with Crippen LogP contribution in [0, 0.1) is 0 Å². The highest BCUT2D eigenvalue weighted by molar-refractivity contribution is 8.15.